The van der Waals surface area contributed by atoms with Crippen molar-refractivity contribution in [3.63, 3.8) is 0 Å². The van der Waals surface area contributed by atoms with Crippen LogP contribution in [0.5, 0.6) is 0 Å². The van der Waals surface area contributed by atoms with E-state index in [2.05, 4.69) is 0 Å². The van der Waals surface area contributed by atoms with Crippen LogP contribution in [0.3, 0.4) is 0 Å². The van der Waals surface area contributed by atoms with Gasteiger partial charge in [0.2, 0.25) is 0 Å². The number of hydrogen-bond donors (Lipinski definition) is 2. The average molecular weight is 142 g/mol. The van der Waals surface area contributed by atoms with Crippen molar-refractivity contribution in [1.29, 1.82) is 0 Å². The van der Waals surface area contributed by atoms with Gasteiger partial charge < -0.3 is 10.2 Å². The quantitative estimate of drug-likeness (QED) is 0.565. The molecule has 0 saturated carbocycles. The molecule has 0 heterocycles. The molecule has 0 fully saturated rings. The minimum Gasteiger partial charge on any atom is -0.396 e. The molecule has 0 aromatic carbocycles. The van der Waals surface area contributed by atoms with E-state index in [4.69, 9.17) is 5.11 Å². The fraction of sp³-hybridized carbons (Fsp3) is 0.750. The van der Waals surface area contributed by atoms with Crippen molar-refractivity contribution in [2.75, 3.05) is 6.61 Å². The molecule has 0 saturated heterocycles. The lowest BCUT2D eigenvalue weighted by Crippen LogP contribution is -2.32. The zero-order valence-electron chi connectivity index (χ0n) is 6.20. The Morgan fingerprint density at radius 3 is 2.50 bits per heavy atom. The molecule has 0 aromatic heterocycles. The van der Waals surface area contributed by atoms with Gasteiger partial charge >= 0.3 is 0 Å². The van der Waals surface area contributed by atoms with Gasteiger partial charge in [0, 0.05) is 18.4 Å². The Labute approximate surface area is 61.2 Å². The topological polar surface area (TPSA) is 40.5 Å². The summed E-state index contributed by atoms with van der Waals surface area (Å²) in [6.07, 6.45) is 4.42. The highest BCUT2D eigenvalue weighted by molar-refractivity contribution is 5.11. The van der Waals surface area contributed by atoms with E-state index in [-0.39, 0.29) is 24.5 Å². The largest absolute Gasteiger partial charge is 0.396 e. The molecule has 0 unspecified atom stereocenters. The zero-order valence-corrected chi connectivity index (χ0v) is 6.20. The molecule has 0 aromatic rings. The maximum Gasteiger partial charge on any atom is 0.0606 e. The van der Waals surface area contributed by atoms with E-state index in [1.54, 1.807) is 0 Å². The lowest BCUT2D eigenvalue weighted by molar-refractivity contribution is 0.0730. The monoisotopic (exact) mass is 142 g/mol. The third kappa shape index (κ3) is 1.22. The Morgan fingerprint density at radius 1 is 1.50 bits per heavy atom. The summed E-state index contributed by atoms with van der Waals surface area (Å²) in [5.41, 5.74) is 0. The maximum absolute atomic E-state index is 9.32. The van der Waals surface area contributed by atoms with Gasteiger partial charge in [0.1, 0.15) is 0 Å². The van der Waals surface area contributed by atoms with E-state index in [0.29, 0.717) is 0 Å². The van der Waals surface area contributed by atoms with Crippen molar-refractivity contribution >= 4 is 0 Å². The Balaban J connectivity index is 2.37. The van der Waals surface area contributed by atoms with Crippen LogP contribution >= 0.6 is 0 Å². The van der Waals surface area contributed by atoms with Gasteiger partial charge in [-0.25, -0.2) is 0 Å². The predicted molar refractivity (Wildman–Crippen MR) is 39.5 cm³/mol. The van der Waals surface area contributed by atoms with Crippen LogP contribution in [-0.2, 0) is 0 Å². The SMILES string of the molecule is CC[C@H](O)[C@H]1C=C[C@H]1CO. The van der Waals surface area contributed by atoms with E-state index in [1.165, 1.54) is 0 Å². The first-order valence-corrected chi connectivity index (χ1v) is 3.76. The summed E-state index contributed by atoms with van der Waals surface area (Å²) in [7, 11) is 0. The summed E-state index contributed by atoms with van der Waals surface area (Å²) in [5, 5.41) is 18.1. The van der Waals surface area contributed by atoms with Gasteiger partial charge in [0.05, 0.1) is 6.10 Å². The summed E-state index contributed by atoms with van der Waals surface area (Å²) in [5.74, 6) is 0.407. The van der Waals surface area contributed by atoms with E-state index in [0.717, 1.165) is 6.42 Å². The highest BCUT2D eigenvalue weighted by atomic mass is 16.3. The number of aliphatic hydroxyl groups excluding tert-OH is 2. The molecule has 0 bridgehead atoms. The number of hydrogen-bond acceptors (Lipinski definition) is 2. The second-order valence-electron chi connectivity index (χ2n) is 2.78. The number of aliphatic hydroxyl groups is 2. The van der Waals surface area contributed by atoms with Crippen LogP contribution in [0.4, 0.5) is 0 Å². The molecule has 10 heavy (non-hydrogen) atoms. The lowest BCUT2D eigenvalue weighted by atomic mass is 9.78. The van der Waals surface area contributed by atoms with E-state index < -0.39 is 0 Å². The summed E-state index contributed by atoms with van der Waals surface area (Å²) in [4.78, 5) is 0. The normalized spacial score (nSPS) is 33.5. The predicted octanol–water partition coefficient (Wildman–Crippen LogP) is 0.552. The molecule has 0 aliphatic heterocycles. The van der Waals surface area contributed by atoms with Crippen LogP contribution in [0.25, 0.3) is 0 Å². The van der Waals surface area contributed by atoms with Crippen molar-refractivity contribution in [3.05, 3.63) is 12.2 Å². The third-order valence-electron chi connectivity index (χ3n) is 2.15. The van der Waals surface area contributed by atoms with Crippen LogP contribution in [0.1, 0.15) is 13.3 Å². The average Bonchev–Trinajstić information content (AvgIpc) is 1.86. The van der Waals surface area contributed by atoms with Crippen molar-refractivity contribution in [2.45, 2.75) is 19.4 Å². The molecule has 0 spiro atoms. The molecule has 0 radical (unpaired) electrons. The first-order chi connectivity index (χ1) is 4.79. The summed E-state index contributed by atoms with van der Waals surface area (Å²) in [6, 6.07) is 0. The summed E-state index contributed by atoms with van der Waals surface area (Å²) in [6.45, 7) is 2.11. The minimum absolute atomic E-state index is 0.165. The van der Waals surface area contributed by atoms with Crippen LogP contribution < -0.4 is 0 Å². The van der Waals surface area contributed by atoms with Crippen LogP contribution in [0.2, 0.25) is 0 Å². The van der Waals surface area contributed by atoms with Crippen molar-refractivity contribution in [2.24, 2.45) is 11.8 Å². The molecule has 2 heteroatoms. The van der Waals surface area contributed by atoms with Gasteiger partial charge in [0.15, 0.2) is 0 Å². The molecule has 3 atom stereocenters. The molecule has 1 rings (SSSR count). The van der Waals surface area contributed by atoms with Gasteiger partial charge in [-0.15, -0.1) is 0 Å². The fourth-order valence-corrected chi connectivity index (χ4v) is 1.26. The van der Waals surface area contributed by atoms with E-state index in [1.807, 2.05) is 19.1 Å². The maximum atomic E-state index is 9.32. The Bertz CT molecular complexity index is 131. The third-order valence-corrected chi connectivity index (χ3v) is 2.15. The number of rotatable bonds is 3. The Morgan fingerprint density at radius 2 is 2.20 bits per heavy atom. The van der Waals surface area contributed by atoms with Gasteiger partial charge in [-0.3, -0.25) is 0 Å². The molecule has 2 nitrogen and oxygen atoms in total. The standard InChI is InChI=1S/C8H14O2/c1-2-8(10)7-4-3-6(7)5-9/h3-4,6-10H,2,5H2,1H3/t6-,7-,8-/m0/s1. The molecule has 58 valence electrons. The van der Waals surface area contributed by atoms with Crippen LogP contribution in [0.15, 0.2) is 12.2 Å². The van der Waals surface area contributed by atoms with Gasteiger partial charge in [-0.1, -0.05) is 19.1 Å². The molecular formula is C8H14O2. The van der Waals surface area contributed by atoms with E-state index in [9.17, 15) is 5.11 Å². The van der Waals surface area contributed by atoms with Gasteiger partial charge in [-0.2, -0.15) is 0 Å². The first kappa shape index (κ1) is 7.76. The highest BCUT2D eigenvalue weighted by Gasteiger charge is 2.28. The highest BCUT2D eigenvalue weighted by Crippen LogP contribution is 2.29. The smallest absolute Gasteiger partial charge is 0.0606 e. The van der Waals surface area contributed by atoms with Gasteiger partial charge in [-0.05, 0) is 6.42 Å². The fourth-order valence-electron chi connectivity index (χ4n) is 1.26. The summed E-state index contributed by atoms with van der Waals surface area (Å²) >= 11 is 0. The second kappa shape index (κ2) is 3.17. The van der Waals surface area contributed by atoms with Gasteiger partial charge in [0.25, 0.3) is 0 Å². The Hall–Kier alpha value is -0.340. The second-order valence-corrected chi connectivity index (χ2v) is 2.78. The van der Waals surface area contributed by atoms with Crippen LogP contribution in [-0.4, -0.2) is 22.9 Å². The van der Waals surface area contributed by atoms with E-state index >= 15 is 0 Å². The molecule has 1 aliphatic carbocycles. The lowest BCUT2D eigenvalue weighted by Gasteiger charge is -2.31. The summed E-state index contributed by atoms with van der Waals surface area (Å²) < 4.78 is 0. The van der Waals surface area contributed by atoms with Crippen LogP contribution in [0, 0.1) is 11.8 Å². The first-order valence-electron chi connectivity index (χ1n) is 3.76. The molecular weight excluding hydrogens is 128 g/mol. The van der Waals surface area contributed by atoms with Crippen molar-refractivity contribution in [1.82, 2.24) is 0 Å². The Kier molecular flexibility index (Phi) is 2.46. The zero-order chi connectivity index (χ0) is 7.56. The van der Waals surface area contributed by atoms with Crippen molar-refractivity contribution < 1.29 is 10.2 Å². The molecule has 1 aliphatic rings. The molecule has 0 amide bonds. The molecule has 2 N–H and O–H groups in total. The minimum atomic E-state index is -0.262. The van der Waals surface area contributed by atoms with Crippen molar-refractivity contribution in [3.8, 4) is 0 Å².